The fourth-order valence-corrected chi connectivity index (χ4v) is 1.93. The minimum Gasteiger partial charge on any atom is -0.423 e. The maximum absolute atomic E-state index is 9.37. The van der Waals surface area contributed by atoms with Crippen molar-refractivity contribution in [3.8, 4) is 0 Å². The second kappa shape index (κ2) is 3.42. The number of hydrogen-bond acceptors (Lipinski definition) is 3. The van der Waals surface area contributed by atoms with Crippen LogP contribution in [0.1, 0.15) is 11.1 Å². The van der Waals surface area contributed by atoms with Crippen LogP contribution in [0.2, 0.25) is 0 Å². The average Bonchev–Trinajstić information content (AvgIpc) is 2.46. The van der Waals surface area contributed by atoms with Crippen LogP contribution in [0.25, 0.3) is 0 Å². The molecular weight excluding hydrogens is 235 g/mol. The van der Waals surface area contributed by atoms with Crippen molar-refractivity contribution in [2.75, 3.05) is 0 Å². The molecule has 2 N–H and O–H groups in total. The molecule has 0 spiro atoms. The van der Waals surface area contributed by atoms with Crippen LogP contribution in [0.4, 0.5) is 0 Å². The maximum atomic E-state index is 9.37. The quantitative estimate of drug-likeness (QED) is 0.690. The Kier molecular flexibility index (Phi) is 2.42. The van der Waals surface area contributed by atoms with Gasteiger partial charge in [0.2, 0.25) is 0 Å². The Morgan fingerprint density at radius 3 is 3.00 bits per heavy atom. The van der Waals surface area contributed by atoms with Crippen molar-refractivity contribution in [3.05, 3.63) is 27.7 Å². The minimum absolute atomic E-state index is 0.0411. The largest absolute Gasteiger partial charge is 0.491 e. The third-order valence-corrected chi connectivity index (χ3v) is 2.88. The second-order valence-electron chi connectivity index (χ2n) is 2.96. The molecule has 0 atom stereocenters. The van der Waals surface area contributed by atoms with Crippen molar-refractivity contribution in [1.82, 2.24) is 0 Å². The second-order valence-corrected chi connectivity index (χ2v) is 3.82. The van der Waals surface area contributed by atoms with E-state index in [0.717, 1.165) is 21.1 Å². The van der Waals surface area contributed by atoms with Gasteiger partial charge in [0.15, 0.2) is 0 Å². The number of fused-ring (bicyclic) bond motifs is 1. The highest BCUT2D eigenvalue weighted by atomic mass is 79.9. The van der Waals surface area contributed by atoms with E-state index in [9.17, 15) is 5.02 Å². The maximum Gasteiger partial charge on any atom is 0.491 e. The van der Waals surface area contributed by atoms with Gasteiger partial charge < -0.3 is 14.8 Å². The van der Waals surface area contributed by atoms with E-state index in [1.165, 1.54) is 0 Å². The van der Waals surface area contributed by atoms with E-state index in [1.807, 2.05) is 6.07 Å². The Bertz CT molecular complexity index is 342. The Morgan fingerprint density at radius 2 is 2.31 bits per heavy atom. The first-order valence-electron chi connectivity index (χ1n) is 3.94. The molecule has 0 aliphatic carbocycles. The molecule has 1 aliphatic rings. The first-order chi connectivity index (χ1) is 6.22. The Hall–Kier alpha value is -0.355. The summed E-state index contributed by atoms with van der Waals surface area (Å²) in [4.78, 5) is 0. The molecule has 0 amide bonds. The summed E-state index contributed by atoms with van der Waals surface area (Å²) in [6.07, 6.45) is 0. The summed E-state index contributed by atoms with van der Waals surface area (Å²) in [5, 5.41) is 18.4. The van der Waals surface area contributed by atoms with Crippen molar-refractivity contribution in [1.29, 1.82) is 0 Å². The van der Waals surface area contributed by atoms with Crippen LogP contribution >= 0.6 is 15.9 Å². The molecule has 0 saturated heterocycles. The summed E-state index contributed by atoms with van der Waals surface area (Å²) >= 11 is 3.33. The Morgan fingerprint density at radius 1 is 1.54 bits per heavy atom. The zero-order valence-corrected chi connectivity index (χ0v) is 8.41. The van der Waals surface area contributed by atoms with E-state index < -0.39 is 7.12 Å². The van der Waals surface area contributed by atoms with E-state index in [2.05, 4.69) is 15.9 Å². The van der Waals surface area contributed by atoms with E-state index in [1.54, 1.807) is 6.07 Å². The predicted molar refractivity (Wildman–Crippen MR) is 52.5 cm³/mol. The molecule has 1 aliphatic heterocycles. The van der Waals surface area contributed by atoms with Crippen LogP contribution in [0.15, 0.2) is 16.6 Å². The lowest BCUT2D eigenvalue weighted by Crippen LogP contribution is -2.28. The topological polar surface area (TPSA) is 49.7 Å². The van der Waals surface area contributed by atoms with Crippen LogP contribution < -0.4 is 5.46 Å². The van der Waals surface area contributed by atoms with Crippen LogP contribution in [0.5, 0.6) is 0 Å². The summed E-state index contributed by atoms with van der Waals surface area (Å²) in [7, 11) is -0.839. The van der Waals surface area contributed by atoms with Crippen molar-refractivity contribution < 1.29 is 14.8 Å². The monoisotopic (exact) mass is 242 g/mol. The number of aliphatic hydroxyl groups is 1. The molecule has 0 bridgehead atoms. The molecule has 5 heteroatoms. The number of hydrogen-bond donors (Lipinski definition) is 2. The molecule has 1 aromatic rings. The molecule has 2 rings (SSSR count). The highest BCUT2D eigenvalue weighted by molar-refractivity contribution is 9.10. The van der Waals surface area contributed by atoms with Crippen LogP contribution in [0, 0.1) is 0 Å². The highest BCUT2D eigenvalue weighted by Gasteiger charge is 2.27. The van der Waals surface area contributed by atoms with Gasteiger partial charge in [-0.3, -0.25) is 0 Å². The lowest BCUT2D eigenvalue weighted by Gasteiger charge is -2.04. The molecule has 0 saturated carbocycles. The standard InChI is InChI=1S/C8H8BBrO3/c10-8-2-6-4-13-9(12)7(6)1-5(8)3-11/h1-2,11-12H,3-4H2. The third kappa shape index (κ3) is 1.53. The zero-order chi connectivity index (χ0) is 9.42. The molecular formula is C8H8BBrO3. The van der Waals surface area contributed by atoms with Gasteiger partial charge in [0.05, 0.1) is 13.2 Å². The summed E-state index contributed by atoms with van der Waals surface area (Å²) in [5.74, 6) is 0. The molecule has 1 heterocycles. The molecule has 0 unspecified atom stereocenters. The van der Waals surface area contributed by atoms with Gasteiger partial charge in [0, 0.05) is 4.47 Å². The molecule has 0 aromatic heterocycles. The highest BCUT2D eigenvalue weighted by Crippen LogP contribution is 2.21. The smallest absolute Gasteiger partial charge is 0.423 e. The van der Waals surface area contributed by atoms with E-state index >= 15 is 0 Å². The van der Waals surface area contributed by atoms with Gasteiger partial charge in [-0.15, -0.1) is 0 Å². The predicted octanol–water partition coefficient (Wildman–Crippen LogP) is 0.159. The summed E-state index contributed by atoms with van der Waals surface area (Å²) in [5.41, 5.74) is 2.49. The number of rotatable bonds is 1. The van der Waals surface area contributed by atoms with E-state index in [-0.39, 0.29) is 6.61 Å². The van der Waals surface area contributed by atoms with Crippen molar-refractivity contribution in [2.24, 2.45) is 0 Å². The van der Waals surface area contributed by atoms with Gasteiger partial charge in [0.1, 0.15) is 0 Å². The van der Waals surface area contributed by atoms with Crippen molar-refractivity contribution in [2.45, 2.75) is 13.2 Å². The fourth-order valence-electron chi connectivity index (χ4n) is 1.41. The Balaban J connectivity index is 2.51. The van der Waals surface area contributed by atoms with Crippen LogP contribution in [-0.2, 0) is 17.9 Å². The van der Waals surface area contributed by atoms with Gasteiger partial charge in [-0.1, -0.05) is 22.0 Å². The SMILES string of the molecule is OCc1cc2c(cc1Br)COB2O. The summed E-state index contributed by atoms with van der Waals surface area (Å²) < 4.78 is 5.88. The average molecular weight is 243 g/mol. The molecule has 1 aromatic carbocycles. The lowest BCUT2D eigenvalue weighted by atomic mass is 9.79. The molecule has 13 heavy (non-hydrogen) atoms. The minimum atomic E-state index is -0.839. The van der Waals surface area contributed by atoms with Crippen LogP contribution in [-0.4, -0.2) is 17.2 Å². The third-order valence-electron chi connectivity index (χ3n) is 2.14. The molecule has 3 nitrogen and oxygen atoms in total. The molecule has 68 valence electrons. The molecule has 0 radical (unpaired) electrons. The number of aliphatic hydroxyl groups excluding tert-OH is 1. The van der Waals surface area contributed by atoms with E-state index in [0.29, 0.717) is 6.61 Å². The zero-order valence-electron chi connectivity index (χ0n) is 6.83. The van der Waals surface area contributed by atoms with Gasteiger partial charge >= 0.3 is 7.12 Å². The first-order valence-corrected chi connectivity index (χ1v) is 4.73. The van der Waals surface area contributed by atoms with Crippen LogP contribution in [0.3, 0.4) is 0 Å². The summed E-state index contributed by atoms with van der Waals surface area (Å²) in [6.45, 7) is 0.390. The lowest BCUT2D eigenvalue weighted by molar-refractivity contribution is 0.275. The Labute approximate surface area is 84.6 Å². The number of benzene rings is 1. The van der Waals surface area contributed by atoms with Crippen molar-refractivity contribution >= 4 is 28.5 Å². The van der Waals surface area contributed by atoms with E-state index in [4.69, 9.17) is 9.76 Å². The fraction of sp³-hybridized carbons (Fsp3) is 0.250. The molecule has 0 fully saturated rings. The van der Waals surface area contributed by atoms with Gasteiger partial charge in [0.25, 0.3) is 0 Å². The first kappa shape index (κ1) is 9.21. The van der Waals surface area contributed by atoms with Gasteiger partial charge in [-0.2, -0.15) is 0 Å². The van der Waals surface area contributed by atoms with Gasteiger partial charge in [-0.25, -0.2) is 0 Å². The summed E-state index contributed by atoms with van der Waals surface area (Å²) in [6, 6.07) is 3.63. The van der Waals surface area contributed by atoms with Gasteiger partial charge in [-0.05, 0) is 22.7 Å². The number of halogens is 1. The van der Waals surface area contributed by atoms with Crippen molar-refractivity contribution in [3.63, 3.8) is 0 Å². The normalized spacial score (nSPS) is 14.8.